The van der Waals surface area contributed by atoms with Crippen molar-refractivity contribution in [2.24, 2.45) is 5.73 Å². The number of aromatic amines is 1. The SMILES string of the molecule is Cc1nc(-c2cccc(F)c2)c(CCN)[nH]1. The van der Waals surface area contributed by atoms with Crippen LogP contribution in [0.4, 0.5) is 4.39 Å². The van der Waals surface area contributed by atoms with Gasteiger partial charge in [-0.05, 0) is 25.6 Å². The number of nitrogens with one attached hydrogen (secondary N) is 1. The van der Waals surface area contributed by atoms with Gasteiger partial charge in [0.1, 0.15) is 11.6 Å². The van der Waals surface area contributed by atoms with Crippen LogP contribution in [0.5, 0.6) is 0 Å². The van der Waals surface area contributed by atoms with E-state index in [1.165, 1.54) is 12.1 Å². The van der Waals surface area contributed by atoms with Crippen LogP contribution in [0, 0.1) is 12.7 Å². The molecule has 0 spiro atoms. The summed E-state index contributed by atoms with van der Waals surface area (Å²) in [6.45, 7) is 2.42. The van der Waals surface area contributed by atoms with E-state index in [1.54, 1.807) is 6.07 Å². The Hall–Kier alpha value is -1.68. The molecule has 0 amide bonds. The van der Waals surface area contributed by atoms with Gasteiger partial charge in [0.15, 0.2) is 0 Å². The number of halogens is 1. The Balaban J connectivity index is 2.46. The van der Waals surface area contributed by atoms with Crippen molar-refractivity contribution >= 4 is 0 Å². The zero-order chi connectivity index (χ0) is 11.5. The van der Waals surface area contributed by atoms with E-state index in [-0.39, 0.29) is 5.82 Å². The lowest BCUT2D eigenvalue weighted by Gasteiger charge is -2.01. The van der Waals surface area contributed by atoms with Crippen LogP contribution in [-0.2, 0) is 6.42 Å². The van der Waals surface area contributed by atoms with Crippen molar-refractivity contribution < 1.29 is 4.39 Å². The Morgan fingerprint density at radius 1 is 1.44 bits per heavy atom. The van der Waals surface area contributed by atoms with Gasteiger partial charge in [-0.15, -0.1) is 0 Å². The third-order valence-corrected chi connectivity index (χ3v) is 2.39. The van der Waals surface area contributed by atoms with Gasteiger partial charge in [-0.2, -0.15) is 0 Å². The van der Waals surface area contributed by atoms with Crippen LogP contribution >= 0.6 is 0 Å². The molecule has 0 fully saturated rings. The molecule has 0 aliphatic heterocycles. The van der Waals surface area contributed by atoms with Gasteiger partial charge in [0.05, 0.1) is 5.69 Å². The summed E-state index contributed by atoms with van der Waals surface area (Å²) in [6.07, 6.45) is 0.715. The second kappa shape index (κ2) is 4.45. The van der Waals surface area contributed by atoms with Gasteiger partial charge in [0.25, 0.3) is 0 Å². The number of imidazole rings is 1. The highest BCUT2D eigenvalue weighted by molar-refractivity contribution is 5.62. The molecule has 1 aromatic carbocycles. The van der Waals surface area contributed by atoms with E-state index < -0.39 is 0 Å². The molecule has 0 aliphatic rings. The smallest absolute Gasteiger partial charge is 0.123 e. The van der Waals surface area contributed by atoms with Gasteiger partial charge in [0.2, 0.25) is 0 Å². The molecule has 1 heterocycles. The third-order valence-electron chi connectivity index (χ3n) is 2.39. The molecular formula is C12H14FN3. The van der Waals surface area contributed by atoms with E-state index in [0.717, 1.165) is 22.8 Å². The highest BCUT2D eigenvalue weighted by atomic mass is 19.1. The monoisotopic (exact) mass is 219 g/mol. The second-order valence-electron chi connectivity index (χ2n) is 3.70. The van der Waals surface area contributed by atoms with Crippen molar-refractivity contribution in [2.75, 3.05) is 6.54 Å². The first-order chi connectivity index (χ1) is 7.70. The quantitative estimate of drug-likeness (QED) is 0.829. The summed E-state index contributed by atoms with van der Waals surface area (Å²) >= 11 is 0. The Morgan fingerprint density at radius 3 is 2.94 bits per heavy atom. The lowest BCUT2D eigenvalue weighted by Crippen LogP contribution is -2.04. The fourth-order valence-electron chi connectivity index (χ4n) is 1.74. The number of benzene rings is 1. The number of aryl methyl sites for hydroxylation is 1. The maximum Gasteiger partial charge on any atom is 0.123 e. The molecule has 4 heteroatoms. The Morgan fingerprint density at radius 2 is 2.25 bits per heavy atom. The maximum absolute atomic E-state index is 13.1. The first kappa shape index (κ1) is 10.8. The molecule has 0 bridgehead atoms. The van der Waals surface area contributed by atoms with Crippen molar-refractivity contribution in [3.05, 3.63) is 41.6 Å². The van der Waals surface area contributed by atoms with E-state index in [2.05, 4.69) is 9.97 Å². The van der Waals surface area contributed by atoms with E-state index in [1.807, 2.05) is 13.0 Å². The average molecular weight is 219 g/mol. The molecule has 0 saturated carbocycles. The van der Waals surface area contributed by atoms with Gasteiger partial charge < -0.3 is 10.7 Å². The van der Waals surface area contributed by atoms with E-state index in [0.29, 0.717) is 13.0 Å². The second-order valence-corrected chi connectivity index (χ2v) is 3.70. The van der Waals surface area contributed by atoms with Gasteiger partial charge in [-0.25, -0.2) is 9.37 Å². The zero-order valence-corrected chi connectivity index (χ0v) is 9.13. The molecule has 3 nitrogen and oxygen atoms in total. The van der Waals surface area contributed by atoms with E-state index >= 15 is 0 Å². The number of nitrogens with zero attached hydrogens (tertiary/aromatic N) is 1. The van der Waals surface area contributed by atoms with Gasteiger partial charge >= 0.3 is 0 Å². The van der Waals surface area contributed by atoms with Crippen LogP contribution in [0.1, 0.15) is 11.5 Å². The van der Waals surface area contributed by atoms with Crippen molar-refractivity contribution in [3.8, 4) is 11.3 Å². The van der Waals surface area contributed by atoms with Crippen molar-refractivity contribution in [1.29, 1.82) is 0 Å². The molecule has 0 saturated heterocycles. The van der Waals surface area contributed by atoms with Crippen LogP contribution in [0.15, 0.2) is 24.3 Å². The number of hydrogen-bond donors (Lipinski definition) is 2. The lowest BCUT2D eigenvalue weighted by molar-refractivity contribution is 0.628. The minimum Gasteiger partial charge on any atom is -0.346 e. The van der Waals surface area contributed by atoms with Crippen LogP contribution in [0.25, 0.3) is 11.3 Å². The normalized spacial score (nSPS) is 10.7. The van der Waals surface area contributed by atoms with Crippen LogP contribution < -0.4 is 5.73 Å². The Labute approximate surface area is 93.5 Å². The Kier molecular flexibility index (Phi) is 3.01. The summed E-state index contributed by atoms with van der Waals surface area (Å²) in [6, 6.07) is 6.43. The number of hydrogen-bond acceptors (Lipinski definition) is 2. The van der Waals surface area contributed by atoms with Crippen LogP contribution in [-0.4, -0.2) is 16.5 Å². The predicted molar refractivity (Wildman–Crippen MR) is 61.5 cm³/mol. The molecule has 0 aliphatic carbocycles. The largest absolute Gasteiger partial charge is 0.346 e. The number of nitrogens with two attached hydrogens (primary N) is 1. The molecule has 0 unspecified atom stereocenters. The molecule has 2 rings (SSSR count). The fourth-order valence-corrected chi connectivity index (χ4v) is 1.74. The number of H-pyrrole nitrogens is 1. The molecule has 0 atom stereocenters. The molecule has 16 heavy (non-hydrogen) atoms. The van der Waals surface area contributed by atoms with Crippen molar-refractivity contribution in [1.82, 2.24) is 9.97 Å². The minimum absolute atomic E-state index is 0.253. The summed E-state index contributed by atoms with van der Waals surface area (Å²) in [5.41, 5.74) is 8.07. The van der Waals surface area contributed by atoms with Gasteiger partial charge in [0, 0.05) is 17.7 Å². The van der Waals surface area contributed by atoms with Gasteiger partial charge in [-0.1, -0.05) is 12.1 Å². The minimum atomic E-state index is -0.253. The Bertz CT molecular complexity index is 491. The highest BCUT2D eigenvalue weighted by Gasteiger charge is 2.10. The lowest BCUT2D eigenvalue weighted by atomic mass is 10.1. The first-order valence-electron chi connectivity index (χ1n) is 5.22. The number of rotatable bonds is 3. The molecule has 3 N–H and O–H groups in total. The molecule has 0 radical (unpaired) electrons. The maximum atomic E-state index is 13.1. The zero-order valence-electron chi connectivity index (χ0n) is 9.13. The fraction of sp³-hybridized carbons (Fsp3) is 0.250. The number of aromatic nitrogens is 2. The molecular weight excluding hydrogens is 205 g/mol. The molecule has 84 valence electrons. The van der Waals surface area contributed by atoms with E-state index in [4.69, 9.17) is 5.73 Å². The van der Waals surface area contributed by atoms with E-state index in [9.17, 15) is 4.39 Å². The molecule has 1 aromatic heterocycles. The predicted octanol–water partition coefficient (Wildman–Crippen LogP) is 2.03. The summed E-state index contributed by atoms with van der Waals surface area (Å²) in [5.74, 6) is 0.569. The summed E-state index contributed by atoms with van der Waals surface area (Å²) < 4.78 is 13.1. The summed E-state index contributed by atoms with van der Waals surface area (Å²) in [7, 11) is 0. The topological polar surface area (TPSA) is 54.7 Å². The van der Waals surface area contributed by atoms with Crippen molar-refractivity contribution in [3.63, 3.8) is 0 Å². The highest BCUT2D eigenvalue weighted by Crippen LogP contribution is 2.22. The third kappa shape index (κ3) is 2.12. The average Bonchev–Trinajstić information content (AvgIpc) is 2.60. The van der Waals surface area contributed by atoms with Gasteiger partial charge in [-0.3, -0.25) is 0 Å². The summed E-state index contributed by atoms with van der Waals surface area (Å²) in [5, 5.41) is 0. The molecule has 2 aromatic rings. The standard InChI is InChI=1S/C12H14FN3/c1-8-15-11(5-6-14)12(16-8)9-3-2-4-10(13)7-9/h2-4,7H,5-6,14H2,1H3,(H,15,16). The van der Waals surface area contributed by atoms with Crippen LogP contribution in [0.2, 0.25) is 0 Å². The first-order valence-corrected chi connectivity index (χ1v) is 5.22. The van der Waals surface area contributed by atoms with Crippen molar-refractivity contribution in [2.45, 2.75) is 13.3 Å². The summed E-state index contributed by atoms with van der Waals surface area (Å²) in [4.78, 5) is 7.51. The van der Waals surface area contributed by atoms with Crippen LogP contribution in [0.3, 0.4) is 0 Å².